The zero-order chi connectivity index (χ0) is 13.1. The number of methoxy groups -OCH3 is 1. The summed E-state index contributed by atoms with van der Waals surface area (Å²) in [5, 5.41) is 4.03. The number of hydrogen-bond donors (Lipinski definition) is 1. The van der Waals surface area contributed by atoms with E-state index in [0.717, 1.165) is 5.56 Å². The van der Waals surface area contributed by atoms with Crippen LogP contribution in [0.25, 0.3) is 11.3 Å². The van der Waals surface area contributed by atoms with Crippen LogP contribution >= 0.6 is 23.2 Å². The van der Waals surface area contributed by atoms with E-state index < -0.39 is 0 Å². The van der Waals surface area contributed by atoms with Crippen molar-refractivity contribution >= 4 is 29.0 Å². The number of anilines is 1. The molecule has 0 saturated carbocycles. The van der Waals surface area contributed by atoms with E-state index in [1.165, 1.54) is 6.33 Å². The third kappa shape index (κ3) is 2.49. The summed E-state index contributed by atoms with van der Waals surface area (Å²) < 4.78 is 5.33. The van der Waals surface area contributed by atoms with Crippen LogP contribution in [0.4, 0.5) is 5.82 Å². The summed E-state index contributed by atoms with van der Waals surface area (Å²) in [6, 6.07) is 5.22. The minimum Gasteiger partial charge on any atom is -0.491 e. The molecule has 0 spiro atoms. The van der Waals surface area contributed by atoms with Crippen LogP contribution in [0.15, 0.2) is 24.5 Å². The number of rotatable bonds is 3. The molecular weight excluding hydrogens is 273 g/mol. The molecule has 1 aromatic carbocycles. The van der Waals surface area contributed by atoms with Crippen LogP contribution in [0.5, 0.6) is 5.75 Å². The molecule has 94 valence electrons. The highest BCUT2D eigenvalue weighted by Gasteiger charge is 2.13. The third-order valence-electron chi connectivity index (χ3n) is 2.38. The van der Waals surface area contributed by atoms with Crippen molar-refractivity contribution in [2.75, 3.05) is 19.5 Å². The second-order valence-electron chi connectivity index (χ2n) is 3.51. The summed E-state index contributed by atoms with van der Waals surface area (Å²) in [6.45, 7) is 0. The summed E-state index contributed by atoms with van der Waals surface area (Å²) >= 11 is 12.0. The Bertz CT molecular complexity index is 555. The van der Waals surface area contributed by atoms with Crippen LogP contribution in [-0.4, -0.2) is 24.1 Å². The van der Waals surface area contributed by atoms with E-state index in [1.807, 2.05) is 0 Å². The predicted molar refractivity (Wildman–Crippen MR) is 73.6 cm³/mol. The van der Waals surface area contributed by atoms with Crippen molar-refractivity contribution in [3.05, 3.63) is 34.6 Å². The Balaban J connectivity index is 2.63. The fourth-order valence-electron chi connectivity index (χ4n) is 1.64. The molecule has 0 aliphatic heterocycles. The van der Waals surface area contributed by atoms with Gasteiger partial charge in [0.05, 0.1) is 7.11 Å². The first-order valence-corrected chi connectivity index (χ1v) is 5.94. The minimum absolute atomic E-state index is 0.546. The molecule has 0 atom stereocenters. The van der Waals surface area contributed by atoms with Gasteiger partial charge in [-0.3, -0.25) is 0 Å². The maximum Gasteiger partial charge on any atom is 0.187 e. The molecule has 1 heterocycles. The standard InChI is InChI=1S/C12H11Cl2N3O/c1-15-12-11(18-2)10(16-6-17-12)7-3-8(13)5-9(14)4-7/h3-6H,1-2H3,(H,15,16,17). The quantitative estimate of drug-likeness (QED) is 0.937. The predicted octanol–water partition coefficient (Wildman–Crippen LogP) is 3.50. The summed E-state index contributed by atoms with van der Waals surface area (Å²) in [7, 11) is 3.33. The van der Waals surface area contributed by atoms with Crippen molar-refractivity contribution < 1.29 is 4.74 Å². The zero-order valence-corrected chi connectivity index (χ0v) is 11.4. The van der Waals surface area contributed by atoms with Crippen LogP contribution in [0.1, 0.15) is 0 Å². The Morgan fingerprint density at radius 1 is 1.11 bits per heavy atom. The lowest BCUT2D eigenvalue weighted by atomic mass is 10.1. The minimum atomic E-state index is 0.546. The molecule has 0 aliphatic rings. The average molecular weight is 284 g/mol. The van der Waals surface area contributed by atoms with Crippen LogP contribution in [0, 0.1) is 0 Å². The second kappa shape index (κ2) is 5.42. The summed E-state index contributed by atoms with van der Waals surface area (Å²) in [5.41, 5.74) is 1.42. The molecule has 0 amide bonds. The fourth-order valence-corrected chi connectivity index (χ4v) is 2.17. The number of benzene rings is 1. The van der Waals surface area contributed by atoms with Crippen molar-refractivity contribution in [2.24, 2.45) is 0 Å². The van der Waals surface area contributed by atoms with E-state index in [1.54, 1.807) is 32.4 Å². The molecule has 0 bridgehead atoms. The fraction of sp³-hybridized carbons (Fsp3) is 0.167. The van der Waals surface area contributed by atoms with Gasteiger partial charge in [-0.05, 0) is 18.2 Å². The Morgan fingerprint density at radius 3 is 2.33 bits per heavy atom. The Labute approximate surface area is 115 Å². The van der Waals surface area contributed by atoms with E-state index in [2.05, 4.69) is 15.3 Å². The number of hydrogen-bond acceptors (Lipinski definition) is 4. The molecule has 4 nitrogen and oxygen atoms in total. The molecule has 0 unspecified atom stereocenters. The molecule has 2 aromatic rings. The van der Waals surface area contributed by atoms with Gasteiger partial charge in [-0.15, -0.1) is 0 Å². The van der Waals surface area contributed by atoms with Gasteiger partial charge in [0.2, 0.25) is 0 Å². The van der Waals surface area contributed by atoms with Crippen LogP contribution in [0.2, 0.25) is 10.0 Å². The Kier molecular flexibility index (Phi) is 3.89. The summed E-state index contributed by atoms with van der Waals surface area (Å²) in [4.78, 5) is 8.30. The maximum atomic E-state index is 5.98. The zero-order valence-electron chi connectivity index (χ0n) is 9.87. The highest BCUT2D eigenvalue weighted by atomic mass is 35.5. The monoisotopic (exact) mass is 283 g/mol. The first-order chi connectivity index (χ1) is 8.65. The van der Waals surface area contributed by atoms with Gasteiger partial charge in [-0.2, -0.15) is 0 Å². The Morgan fingerprint density at radius 2 is 1.78 bits per heavy atom. The van der Waals surface area contributed by atoms with Crippen LogP contribution in [0.3, 0.4) is 0 Å². The molecular formula is C12H11Cl2N3O. The number of halogens is 2. The molecule has 0 aliphatic carbocycles. The molecule has 0 saturated heterocycles. The van der Waals surface area contributed by atoms with Gasteiger partial charge in [0.25, 0.3) is 0 Å². The maximum absolute atomic E-state index is 5.98. The molecule has 1 aromatic heterocycles. The van der Waals surface area contributed by atoms with Crippen LogP contribution in [-0.2, 0) is 0 Å². The van der Waals surface area contributed by atoms with Gasteiger partial charge >= 0.3 is 0 Å². The van der Waals surface area contributed by atoms with E-state index in [9.17, 15) is 0 Å². The lowest BCUT2D eigenvalue weighted by molar-refractivity contribution is 0.415. The Hall–Kier alpha value is -1.52. The van der Waals surface area contributed by atoms with Gasteiger partial charge in [0, 0.05) is 22.7 Å². The number of ether oxygens (including phenoxy) is 1. The first-order valence-electron chi connectivity index (χ1n) is 5.19. The number of aromatic nitrogens is 2. The summed E-state index contributed by atoms with van der Waals surface area (Å²) in [5.74, 6) is 1.16. The molecule has 6 heteroatoms. The second-order valence-corrected chi connectivity index (χ2v) is 4.39. The van der Waals surface area contributed by atoms with E-state index in [-0.39, 0.29) is 0 Å². The molecule has 1 N–H and O–H groups in total. The number of nitrogens with zero attached hydrogens (tertiary/aromatic N) is 2. The van der Waals surface area contributed by atoms with Gasteiger partial charge in [-0.1, -0.05) is 23.2 Å². The van der Waals surface area contributed by atoms with E-state index in [0.29, 0.717) is 27.3 Å². The van der Waals surface area contributed by atoms with Gasteiger partial charge in [0.1, 0.15) is 12.0 Å². The first kappa shape index (κ1) is 12.9. The van der Waals surface area contributed by atoms with Gasteiger partial charge < -0.3 is 10.1 Å². The third-order valence-corrected chi connectivity index (χ3v) is 2.82. The molecule has 2 rings (SSSR count). The van der Waals surface area contributed by atoms with Crippen molar-refractivity contribution in [3.8, 4) is 17.0 Å². The highest BCUT2D eigenvalue weighted by molar-refractivity contribution is 6.35. The van der Waals surface area contributed by atoms with Crippen molar-refractivity contribution in [3.63, 3.8) is 0 Å². The normalized spacial score (nSPS) is 10.2. The SMILES string of the molecule is CNc1ncnc(-c2cc(Cl)cc(Cl)c2)c1OC. The molecule has 0 radical (unpaired) electrons. The van der Waals surface area contributed by atoms with Crippen molar-refractivity contribution in [2.45, 2.75) is 0 Å². The lowest BCUT2D eigenvalue weighted by Gasteiger charge is -2.11. The highest BCUT2D eigenvalue weighted by Crippen LogP contribution is 2.35. The lowest BCUT2D eigenvalue weighted by Crippen LogP contribution is -2.00. The topological polar surface area (TPSA) is 47.0 Å². The van der Waals surface area contributed by atoms with Crippen molar-refractivity contribution in [1.82, 2.24) is 9.97 Å². The smallest absolute Gasteiger partial charge is 0.187 e. The van der Waals surface area contributed by atoms with E-state index in [4.69, 9.17) is 27.9 Å². The van der Waals surface area contributed by atoms with Crippen molar-refractivity contribution in [1.29, 1.82) is 0 Å². The molecule has 0 fully saturated rings. The van der Waals surface area contributed by atoms with Gasteiger partial charge in [0.15, 0.2) is 11.6 Å². The van der Waals surface area contributed by atoms with Crippen LogP contribution < -0.4 is 10.1 Å². The molecule has 18 heavy (non-hydrogen) atoms. The summed E-state index contributed by atoms with van der Waals surface area (Å²) in [6.07, 6.45) is 1.46. The average Bonchev–Trinajstić information content (AvgIpc) is 2.36. The number of nitrogens with one attached hydrogen (secondary N) is 1. The van der Waals surface area contributed by atoms with E-state index >= 15 is 0 Å². The largest absolute Gasteiger partial charge is 0.491 e. The van der Waals surface area contributed by atoms with Gasteiger partial charge in [-0.25, -0.2) is 9.97 Å².